The van der Waals surface area contributed by atoms with Crippen LogP contribution in [-0.2, 0) is 39.3 Å². The third-order valence-corrected chi connectivity index (χ3v) is 29.2. The van der Waals surface area contributed by atoms with Gasteiger partial charge >= 0.3 is 336 Å². The second-order valence-electron chi connectivity index (χ2n) is 20.5. The third kappa shape index (κ3) is 7.67. The second-order valence-corrected chi connectivity index (χ2v) is 41.3. The summed E-state index contributed by atoms with van der Waals surface area (Å²) in [7, 11) is 17.0. The zero-order chi connectivity index (χ0) is 39.4. The van der Waals surface area contributed by atoms with Gasteiger partial charge in [-0.15, -0.1) is 0 Å². The topological polar surface area (TPSA) is 0 Å². The normalized spacial score (nSPS) is 17.8. The van der Waals surface area contributed by atoms with Crippen LogP contribution in [0.5, 0.6) is 0 Å². The van der Waals surface area contributed by atoms with Crippen LogP contribution in [0, 0.1) is 27.7 Å². The van der Waals surface area contributed by atoms with Crippen LogP contribution in [0.25, 0.3) is 23.3 Å². The molecule has 0 saturated heterocycles. The van der Waals surface area contributed by atoms with Gasteiger partial charge in [-0.2, -0.15) is 0 Å². The van der Waals surface area contributed by atoms with Gasteiger partial charge in [-0.25, -0.2) is 0 Å². The Morgan fingerprint density at radius 3 is 0.925 bits per heavy atom. The maximum absolute atomic E-state index is 8.50. The number of aryl methyl sites for hydroxylation is 4. The molecule has 0 aromatic heterocycles. The molecule has 3 heteroatoms. The monoisotopic (exact) mass is 912 g/mol. The first-order valence-electron chi connectivity index (χ1n) is 19.5. The molecule has 2 unspecified atom stereocenters. The number of allylic oxidation sites excluding steroid dienone is 2. The van der Waals surface area contributed by atoms with Crippen molar-refractivity contribution in [3.8, 4) is 0 Å². The SMILES string of the molecule is Cc1cc2c(cc1C)[CH]([Hf]([Cl])([Cl])[CH]1C(c3cc(C(C)(C)C)cc(C(C)(C)C)c3)=Cc3cc(C)c(C)cc31)C(c1cc(C(C)(C)C)cc(C(C)(C)C)c1)=C2. The number of rotatable bonds is 4. The fourth-order valence-electron chi connectivity index (χ4n) is 8.13. The van der Waals surface area contributed by atoms with Gasteiger partial charge in [-0.05, 0) is 0 Å². The van der Waals surface area contributed by atoms with Crippen molar-refractivity contribution in [2.24, 2.45) is 0 Å². The number of fused-ring (bicyclic) bond motifs is 2. The fourth-order valence-corrected chi connectivity index (χ4v) is 26.6. The molecular weight excluding hydrogens is 850 g/mol. The first kappa shape index (κ1) is 40.5. The van der Waals surface area contributed by atoms with E-state index >= 15 is 0 Å². The molecule has 4 aromatic rings. The number of hydrogen-bond donors (Lipinski definition) is 0. The van der Waals surface area contributed by atoms with E-state index in [2.05, 4.69) is 184 Å². The van der Waals surface area contributed by atoms with Crippen molar-refractivity contribution in [3.63, 3.8) is 0 Å². The summed E-state index contributed by atoms with van der Waals surface area (Å²) >= 11 is -4.64. The van der Waals surface area contributed by atoms with Gasteiger partial charge in [-0.3, -0.25) is 0 Å². The second kappa shape index (κ2) is 13.5. The average molecular weight is 912 g/mol. The predicted octanol–water partition coefficient (Wildman–Crippen LogP) is 15.5. The zero-order valence-corrected chi connectivity index (χ0v) is 40.4. The maximum atomic E-state index is 8.50. The van der Waals surface area contributed by atoms with Crippen molar-refractivity contribution in [1.29, 1.82) is 0 Å². The molecule has 0 aliphatic heterocycles. The van der Waals surface area contributed by atoms with Crippen LogP contribution in [0.15, 0.2) is 60.7 Å². The van der Waals surface area contributed by atoms with E-state index in [0.29, 0.717) is 0 Å². The molecule has 6 rings (SSSR count). The summed E-state index contributed by atoms with van der Waals surface area (Å²) in [5.41, 5.74) is 20.8. The number of hydrogen-bond acceptors (Lipinski definition) is 0. The fraction of sp³-hybridized carbons (Fsp3) is 0.440. The standard InChI is InChI=1S/2C25H31.2ClH.Hf/c2*1-16-9-18-11-20(12-19(18)10-17(16)2)21-13-22(24(3,4)5)15-23(14-21)25(6,7)8;;;/h2*9-15H,1-8H3;2*1H;/q;;;;+2/p-2. The van der Waals surface area contributed by atoms with E-state index in [0.717, 1.165) is 0 Å². The Balaban J connectivity index is 1.65. The molecule has 53 heavy (non-hydrogen) atoms. The van der Waals surface area contributed by atoms with Crippen LogP contribution in [0.1, 0.15) is 168 Å². The summed E-state index contributed by atoms with van der Waals surface area (Å²) in [6.45, 7) is 36.8. The number of benzene rings is 4. The summed E-state index contributed by atoms with van der Waals surface area (Å²) < 4.78 is -0.0889. The van der Waals surface area contributed by atoms with Crippen molar-refractivity contribution < 1.29 is 17.6 Å². The van der Waals surface area contributed by atoms with Gasteiger partial charge in [0.25, 0.3) is 0 Å². The van der Waals surface area contributed by atoms with Crippen molar-refractivity contribution in [1.82, 2.24) is 0 Å². The number of halogens is 2. The van der Waals surface area contributed by atoms with Crippen molar-refractivity contribution in [2.75, 3.05) is 0 Å². The van der Waals surface area contributed by atoms with Crippen molar-refractivity contribution in [3.05, 3.63) is 139 Å². The summed E-state index contributed by atoms with van der Waals surface area (Å²) in [5.74, 6) is 0. The van der Waals surface area contributed by atoms with Gasteiger partial charge in [-0.1, -0.05) is 0 Å². The summed E-state index contributed by atoms with van der Waals surface area (Å²) in [5, 5.41) is 0. The van der Waals surface area contributed by atoms with Gasteiger partial charge in [0.15, 0.2) is 0 Å². The van der Waals surface area contributed by atoms with E-state index in [1.807, 2.05) is 0 Å². The molecule has 0 radical (unpaired) electrons. The van der Waals surface area contributed by atoms with Crippen LogP contribution in [0.3, 0.4) is 0 Å². The zero-order valence-electron chi connectivity index (χ0n) is 35.3. The van der Waals surface area contributed by atoms with Crippen LogP contribution in [0.2, 0.25) is 0 Å². The van der Waals surface area contributed by atoms with Crippen LogP contribution >= 0.6 is 17.2 Å². The van der Waals surface area contributed by atoms with E-state index < -0.39 is 17.6 Å². The molecule has 2 aliphatic carbocycles. The van der Waals surface area contributed by atoms with Gasteiger partial charge < -0.3 is 0 Å². The summed E-state index contributed by atoms with van der Waals surface area (Å²) in [4.78, 5) is 0. The Morgan fingerprint density at radius 2 is 0.660 bits per heavy atom. The van der Waals surface area contributed by atoms with Gasteiger partial charge in [0, 0.05) is 0 Å². The molecule has 280 valence electrons. The first-order valence-corrected chi connectivity index (χ1v) is 32.6. The molecule has 0 heterocycles. The van der Waals surface area contributed by atoms with Crippen LogP contribution in [-0.4, -0.2) is 0 Å². The molecule has 0 saturated carbocycles. The Bertz CT molecular complexity index is 1960. The van der Waals surface area contributed by atoms with Crippen molar-refractivity contribution >= 4 is 40.5 Å². The quantitative estimate of drug-likeness (QED) is 0.179. The van der Waals surface area contributed by atoms with E-state index in [9.17, 15) is 0 Å². The molecule has 2 aliphatic rings. The van der Waals surface area contributed by atoms with Crippen LogP contribution < -0.4 is 0 Å². The van der Waals surface area contributed by atoms with Gasteiger partial charge in [0.2, 0.25) is 0 Å². The van der Waals surface area contributed by atoms with Crippen LogP contribution in [0.4, 0.5) is 0 Å². The average Bonchev–Trinajstić information content (AvgIpc) is 3.58. The van der Waals surface area contributed by atoms with Gasteiger partial charge in [0.1, 0.15) is 0 Å². The molecule has 0 bridgehead atoms. The van der Waals surface area contributed by atoms with E-state index in [1.54, 1.807) is 0 Å². The molecule has 0 N–H and O–H groups in total. The van der Waals surface area contributed by atoms with E-state index in [-0.39, 0.29) is 29.0 Å². The molecule has 2 atom stereocenters. The minimum atomic E-state index is -4.64. The molecule has 0 amide bonds. The van der Waals surface area contributed by atoms with Gasteiger partial charge in [0.05, 0.1) is 0 Å². The van der Waals surface area contributed by atoms with Crippen molar-refractivity contribution in [2.45, 2.75) is 140 Å². The summed E-state index contributed by atoms with van der Waals surface area (Å²) in [6.07, 6.45) is 4.88. The predicted molar refractivity (Wildman–Crippen MR) is 232 cm³/mol. The molecule has 4 aromatic carbocycles. The summed E-state index contributed by atoms with van der Waals surface area (Å²) in [6, 6.07) is 24.2. The Hall–Kier alpha value is -2.19. The minimum absolute atomic E-state index is 0.00742. The molecular formula is C50H62Cl2Hf. The van der Waals surface area contributed by atoms with E-state index in [4.69, 9.17) is 17.2 Å². The third-order valence-electron chi connectivity index (χ3n) is 12.0. The Kier molecular flexibility index (Phi) is 10.3. The molecule has 0 spiro atoms. The van der Waals surface area contributed by atoms with E-state index in [1.165, 1.54) is 89.0 Å². The Morgan fingerprint density at radius 1 is 0.396 bits per heavy atom. The Labute approximate surface area is 334 Å². The first-order chi connectivity index (χ1) is 24.2. The molecule has 0 fully saturated rings. The molecule has 0 nitrogen and oxygen atoms in total.